The van der Waals surface area contributed by atoms with Crippen LogP contribution in [-0.4, -0.2) is 0 Å². The van der Waals surface area contributed by atoms with Crippen molar-refractivity contribution in [2.75, 3.05) is 0 Å². The van der Waals surface area contributed by atoms with Crippen molar-refractivity contribution in [2.45, 2.75) is 13.8 Å². The molecule has 0 saturated heterocycles. The van der Waals surface area contributed by atoms with E-state index >= 15 is 0 Å². The fourth-order valence-corrected chi connectivity index (χ4v) is 10.4. The van der Waals surface area contributed by atoms with Crippen LogP contribution in [0, 0.1) is 5.41 Å². The molecular formula is C57H38. The highest BCUT2D eigenvalue weighted by molar-refractivity contribution is 6.26. The minimum atomic E-state index is -0.195. The van der Waals surface area contributed by atoms with Crippen molar-refractivity contribution in [3.63, 3.8) is 0 Å². The Bertz CT molecular complexity index is 3510. The monoisotopic (exact) mass is 722 g/mol. The molecule has 0 amide bonds. The Labute approximate surface area is 331 Å². The second kappa shape index (κ2) is 12.0. The van der Waals surface area contributed by atoms with Gasteiger partial charge < -0.3 is 0 Å². The second-order valence-corrected chi connectivity index (χ2v) is 16.5. The van der Waals surface area contributed by atoms with Crippen LogP contribution in [0.1, 0.15) is 19.4 Å². The summed E-state index contributed by atoms with van der Waals surface area (Å²) >= 11 is 0. The molecule has 0 spiro atoms. The molecule has 0 heteroatoms. The van der Waals surface area contributed by atoms with Gasteiger partial charge >= 0.3 is 0 Å². The van der Waals surface area contributed by atoms with Crippen molar-refractivity contribution in [3.05, 3.63) is 210 Å². The third-order valence-electron chi connectivity index (χ3n) is 12.7. The maximum absolute atomic E-state index is 2.53. The molecule has 10 aromatic rings. The first-order valence-electron chi connectivity index (χ1n) is 20.1. The smallest absolute Gasteiger partial charge is 0.00966 e. The zero-order valence-electron chi connectivity index (χ0n) is 32.0. The summed E-state index contributed by atoms with van der Waals surface area (Å²) in [6, 6.07) is 65.3. The molecule has 0 nitrogen and oxygen atoms in total. The lowest BCUT2D eigenvalue weighted by Gasteiger charge is -2.30. The van der Waals surface area contributed by atoms with Crippen LogP contribution in [0.4, 0.5) is 0 Å². The lowest BCUT2D eigenvalue weighted by Crippen LogP contribution is -2.28. The maximum atomic E-state index is 2.53. The van der Waals surface area contributed by atoms with Crippen LogP contribution in [0.3, 0.4) is 0 Å². The van der Waals surface area contributed by atoms with Gasteiger partial charge in [-0.1, -0.05) is 184 Å². The third-order valence-corrected chi connectivity index (χ3v) is 12.7. The Morgan fingerprint density at radius 1 is 0.351 bits per heavy atom. The summed E-state index contributed by atoms with van der Waals surface area (Å²) in [6.07, 6.45) is 7.44. The minimum absolute atomic E-state index is 0.195. The van der Waals surface area contributed by atoms with Gasteiger partial charge in [-0.05, 0) is 144 Å². The van der Waals surface area contributed by atoms with Crippen LogP contribution < -0.4 is 10.4 Å². The Hall–Kier alpha value is -7.02. The first kappa shape index (κ1) is 32.2. The first-order chi connectivity index (χ1) is 28.0. The summed E-state index contributed by atoms with van der Waals surface area (Å²) < 4.78 is 0. The fraction of sp³-hybridized carbons (Fsp3) is 0.0526. The lowest BCUT2D eigenvalue weighted by molar-refractivity contribution is 0.647. The summed E-state index contributed by atoms with van der Waals surface area (Å²) in [4.78, 5) is 0. The van der Waals surface area contributed by atoms with E-state index in [0.717, 1.165) is 0 Å². The first-order valence-corrected chi connectivity index (χ1v) is 20.1. The van der Waals surface area contributed by atoms with Crippen molar-refractivity contribution in [2.24, 2.45) is 5.41 Å². The standard InChI is InChI=1S/C57H38/c1-57(2)34-40(31-39-30-38-32-52-45-19-7-5-17-43(45)44-18-6-8-20-46(44)53(52)33-51(38)56(39)57)55-49-23-11-9-21-47(49)54(48-22-10-12-24-50(48)55)37-28-26-36(27-29-37)42-25-13-15-35-14-3-4-16-41(35)42/h3-34H,1-2H3. The summed E-state index contributed by atoms with van der Waals surface area (Å²) in [5.74, 6) is 0. The van der Waals surface area contributed by atoms with E-state index in [2.05, 4.69) is 208 Å². The van der Waals surface area contributed by atoms with Crippen molar-refractivity contribution >= 4 is 81.9 Å². The Morgan fingerprint density at radius 2 is 0.825 bits per heavy atom. The highest BCUT2D eigenvalue weighted by Crippen LogP contribution is 2.48. The van der Waals surface area contributed by atoms with Crippen molar-refractivity contribution in [3.8, 4) is 22.3 Å². The molecule has 12 rings (SSSR count). The van der Waals surface area contributed by atoms with Crippen LogP contribution in [0.15, 0.2) is 194 Å². The zero-order valence-corrected chi connectivity index (χ0v) is 32.0. The van der Waals surface area contributed by atoms with Crippen LogP contribution >= 0.6 is 0 Å². The highest BCUT2D eigenvalue weighted by Gasteiger charge is 2.32. The number of hydrogen-bond donors (Lipinski definition) is 0. The van der Waals surface area contributed by atoms with Crippen molar-refractivity contribution < 1.29 is 0 Å². The molecule has 0 N–H and O–H groups in total. The molecule has 0 atom stereocenters. The molecular weight excluding hydrogens is 685 g/mol. The highest BCUT2D eigenvalue weighted by atomic mass is 14.4. The maximum Gasteiger partial charge on any atom is 0.00966 e. The van der Waals surface area contributed by atoms with Gasteiger partial charge in [-0.3, -0.25) is 0 Å². The number of fused-ring (bicyclic) bond motifs is 11. The summed E-state index contributed by atoms with van der Waals surface area (Å²) in [5, 5.41) is 18.2. The van der Waals surface area contributed by atoms with E-state index < -0.39 is 0 Å². The molecule has 10 aromatic carbocycles. The van der Waals surface area contributed by atoms with Crippen molar-refractivity contribution in [1.82, 2.24) is 0 Å². The molecule has 0 radical (unpaired) electrons. The van der Waals surface area contributed by atoms with Crippen LogP contribution in [0.2, 0.25) is 0 Å². The van der Waals surface area contributed by atoms with Crippen LogP contribution in [0.25, 0.3) is 104 Å². The SMILES string of the molecule is CC1(C)C=C(c2c3ccccc3c(-c3ccc(-c4cccc5ccccc45)cc3)c3ccccc23)C=C2C=c3cc4c5ccccc5c5ccccc5c4cc3=C21. The molecule has 2 aliphatic rings. The molecule has 0 fully saturated rings. The molecule has 0 bridgehead atoms. The van der Waals surface area contributed by atoms with Gasteiger partial charge in [-0.2, -0.15) is 0 Å². The largest absolute Gasteiger partial charge is 0.0665 e. The molecule has 0 unspecified atom stereocenters. The molecule has 2 aliphatic carbocycles. The van der Waals surface area contributed by atoms with Gasteiger partial charge in [0.25, 0.3) is 0 Å². The van der Waals surface area contributed by atoms with E-state index in [0.29, 0.717) is 0 Å². The summed E-state index contributed by atoms with van der Waals surface area (Å²) in [7, 11) is 0. The van der Waals surface area contributed by atoms with E-state index in [-0.39, 0.29) is 5.41 Å². The van der Waals surface area contributed by atoms with Crippen LogP contribution in [-0.2, 0) is 0 Å². The van der Waals surface area contributed by atoms with E-state index in [1.54, 1.807) is 0 Å². The Balaban J connectivity index is 1.05. The molecule has 0 heterocycles. The van der Waals surface area contributed by atoms with Gasteiger partial charge in [0.15, 0.2) is 0 Å². The predicted octanol–water partition coefficient (Wildman–Crippen LogP) is 13.9. The average molecular weight is 723 g/mol. The van der Waals surface area contributed by atoms with E-state index in [1.165, 1.54) is 120 Å². The van der Waals surface area contributed by atoms with E-state index in [9.17, 15) is 0 Å². The van der Waals surface area contributed by atoms with Gasteiger partial charge in [0.1, 0.15) is 0 Å². The fourth-order valence-electron chi connectivity index (χ4n) is 10.4. The summed E-state index contributed by atoms with van der Waals surface area (Å²) in [5.41, 5.74) is 10.2. The summed E-state index contributed by atoms with van der Waals surface area (Å²) in [6.45, 7) is 4.80. The van der Waals surface area contributed by atoms with Gasteiger partial charge in [0.05, 0.1) is 0 Å². The Morgan fingerprint density at radius 3 is 1.44 bits per heavy atom. The number of allylic oxidation sites excluding steroid dienone is 4. The normalized spacial score (nSPS) is 14.6. The quantitative estimate of drug-likeness (QED) is 0.126. The van der Waals surface area contributed by atoms with Gasteiger partial charge in [-0.15, -0.1) is 0 Å². The molecule has 0 aromatic heterocycles. The topological polar surface area (TPSA) is 0 Å². The van der Waals surface area contributed by atoms with Gasteiger partial charge in [0.2, 0.25) is 0 Å². The Kier molecular flexibility index (Phi) is 6.78. The zero-order chi connectivity index (χ0) is 37.8. The second-order valence-electron chi connectivity index (χ2n) is 16.5. The van der Waals surface area contributed by atoms with Crippen LogP contribution in [0.5, 0.6) is 0 Å². The number of benzene rings is 10. The van der Waals surface area contributed by atoms with E-state index in [4.69, 9.17) is 0 Å². The molecule has 0 saturated carbocycles. The van der Waals surface area contributed by atoms with Gasteiger partial charge in [0, 0.05) is 5.41 Å². The molecule has 266 valence electrons. The number of rotatable bonds is 3. The minimum Gasteiger partial charge on any atom is -0.0665 e. The van der Waals surface area contributed by atoms with Gasteiger partial charge in [-0.25, -0.2) is 0 Å². The molecule has 0 aliphatic heterocycles. The number of hydrogen-bond acceptors (Lipinski definition) is 0. The average Bonchev–Trinajstić information content (AvgIpc) is 3.63. The van der Waals surface area contributed by atoms with E-state index in [1.807, 2.05) is 0 Å². The molecule has 57 heavy (non-hydrogen) atoms. The predicted molar refractivity (Wildman–Crippen MR) is 246 cm³/mol. The lowest BCUT2D eigenvalue weighted by atomic mass is 9.73. The van der Waals surface area contributed by atoms with Crippen molar-refractivity contribution in [1.29, 1.82) is 0 Å². The third kappa shape index (κ3) is 4.74.